The standard InChI is InChI=1S/C16H20N6S/c1-11-12(2)23-15(18-11)16(3,4)17-10-14-19-20-21-22(14)13-8-6-5-7-9-13/h5-9,17H,10H2,1-4H3. The first-order valence-electron chi connectivity index (χ1n) is 7.49. The third kappa shape index (κ3) is 3.30. The van der Waals surface area contributed by atoms with Crippen molar-refractivity contribution in [3.05, 3.63) is 51.7 Å². The number of aryl methyl sites for hydroxylation is 2. The Morgan fingerprint density at radius 3 is 2.57 bits per heavy atom. The highest BCUT2D eigenvalue weighted by Crippen LogP contribution is 2.27. The predicted molar refractivity (Wildman–Crippen MR) is 90.6 cm³/mol. The zero-order valence-corrected chi connectivity index (χ0v) is 14.6. The Hall–Kier alpha value is -2.12. The lowest BCUT2D eigenvalue weighted by molar-refractivity contribution is 0.390. The lowest BCUT2D eigenvalue weighted by Gasteiger charge is -2.23. The number of aromatic nitrogens is 5. The van der Waals surface area contributed by atoms with Gasteiger partial charge in [-0.3, -0.25) is 5.32 Å². The molecule has 7 heteroatoms. The first-order chi connectivity index (χ1) is 11.0. The van der Waals surface area contributed by atoms with E-state index in [1.54, 1.807) is 16.0 Å². The third-order valence-corrected chi connectivity index (χ3v) is 5.18. The number of hydrogen-bond donors (Lipinski definition) is 1. The summed E-state index contributed by atoms with van der Waals surface area (Å²) in [6.45, 7) is 8.96. The fraction of sp³-hybridized carbons (Fsp3) is 0.375. The molecular weight excluding hydrogens is 308 g/mol. The van der Waals surface area contributed by atoms with Crippen LogP contribution in [0.3, 0.4) is 0 Å². The van der Waals surface area contributed by atoms with E-state index in [0.29, 0.717) is 6.54 Å². The maximum absolute atomic E-state index is 4.66. The van der Waals surface area contributed by atoms with Crippen molar-refractivity contribution in [2.24, 2.45) is 0 Å². The molecule has 0 unspecified atom stereocenters. The molecule has 0 amide bonds. The van der Waals surface area contributed by atoms with Crippen molar-refractivity contribution in [3.8, 4) is 5.69 Å². The number of hydrogen-bond acceptors (Lipinski definition) is 6. The fourth-order valence-corrected chi connectivity index (χ4v) is 3.19. The smallest absolute Gasteiger partial charge is 0.170 e. The fourth-order valence-electron chi connectivity index (χ4n) is 2.20. The summed E-state index contributed by atoms with van der Waals surface area (Å²) in [5.41, 5.74) is 1.80. The molecule has 1 aromatic carbocycles. The van der Waals surface area contributed by atoms with Crippen LogP contribution in [0, 0.1) is 13.8 Å². The Morgan fingerprint density at radius 1 is 1.17 bits per heavy atom. The van der Waals surface area contributed by atoms with Crippen molar-refractivity contribution >= 4 is 11.3 Å². The largest absolute Gasteiger partial charge is 0.299 e. The highest BCUT2D eigenvalue weighted by atomic mass is 32.1. The van der Waals surface area contributed by atoms with Crippen LogP contribution in [0.2, 0.25) is 0 Å². The van der Waals surface area contributed by atoms with Gasteiger partial charge >= 0.3 is 0 Å². The van der Waals surface area contributed by atoms with Gasteiger partial charge < -0.3 is 0 Å². The maximum atomic E-state index is 4.66. The van der Waals surface area contributed by atoms with Crippen LogP contribution in [0.25, 0.3) is 5.69 Å². The van der Waals surface area contributed by atoms with Crippen molar-refractivity contribution in [1.82, 2.24) is 30.5 Å². The monoisotopic (exact) mass is 328 g/mol. The Balaban J connectivity index is 1.77. The molecule has 0 spiro atoms. The van der Waals surface area contributed by atoms with Gasteiger partial charge in [0.2, 0.25) is 0 Å². The molecule has 0 fully saturated rings. The molecule has 0 aliphatic rings. The Bertz CT molecular complexity index is 771. The van der Waals surface area contributed by atoms with E-state index in [1.807, 2.05) is 37.3 Å². The summed E-state index contributed by atoms with van der Waals surface area (Å²) in [5, 5.41) is 16.6. The van der Waals surface area contributed by atoms with Gasteiger partial charge in [0, 0.05) is 4.88 Å². The highest BCUT2D eigenvalue weighted by Gasteiger charge is 2.25. The second-order valence-electron chi connectivity index (χ2n) is 5.98. The minimum atomic E-state index is -0.239. The van der Waals surface area contributed by atoms with E-state index in [-0.39, 0.29) is 5.54 Å². The van der Waals surface area contributed by atoms with Crippen LogP contribution >= 0.6 is 11.3 Å². The van der Waals surface area contributed by atoms with Crippen molar-refractivity contribution < 1.29 is 0 Å². The summed E-state index contributed by atoms with van der Waals surface area (Å²) in [4.78, 5) is 5.91. The summed E-state index contributed by atoms with van der Waals surface area (Å²) in [5.74, 6) is 0.772. The summed E-state index contributed by atoms with van der Waals surface area (Å²) in [6.07, 6.45) is 0. The second kappa shape index (κ2) is 6.17. The average Bonchev–Trinajstić information content (AvgIpc) is 3.14. The number of tetrazole rings is 1. The molecule has 0 aliphatic heterocycles. The van der Waals surface area contributed by atoms with E-state index in [2.05, 4.69) is 46.6 Å². The summed E-state index contributed by atoms with van der Waals surface area (Å²) < 4.78 is 1.75. The number of para-hydroxylation sites is 1. The Labute approximate surface area is 139 Å². The first-order valence-corrected chi connectivity index (χ1v) is 8.31. The topological polar surface area (TPSA) is 68.5 Å². The van der Waals surface area contributed by atoms with Crippen LogP contribution < -0.4 is 5.32 Å². The summed E-state index contributed by atoms with van der Waals surface area (Å²) >= 11 is 1.73. The molecule has 2 heterocycles. The van der Waals surface area contributed by atoms with Crippen LogP contribution in [-0.4, -0.2) is 25.2 Å². The summed E-state index contributed by atoms with van der Waals surface area (Å²) in [6, 6.07) is 9.89. The number of benzene rings is 1. The van der Waals surface area contributed by atoms with Gasteiger partial charge in [0.1, 0.15) is 5.01 Å². The molecule has 0 radical (unpaired) electrons. The first kappa shape index (κ1) is 15.8. The predicted octanol–water partition coefficient (Wildman–Crippen LogP) is 2.76. The molecule has 2 aromatic heterocycles. The van der Waals surface area contributed by atoms with Crippen molar-refractivity contribution in [2.75, 3.05) is 0 Å². The van der Waals surface area contributed by atoms with E-state index >= 15 is 0 Å². The molecule has 1 N–H and O–H groups in total. The maximum Gasteiger partial charge on any atom is 0.170 e. The van der Waals surface area contributed by atoms with Crippen molar-refractivity contribution in [3.63, 3.8) is 0 Å². The molecular formula is C16H20N6S. The molecule has 3 rings (SSSR count). The van der Waals surface area contributed by atoms with Gasteiger partial charge in [-0.05, 0) is 50.3 Å². The lowest BCUT2D eigenvalue weighted by Crippen LogP contribution is -2.36. The number of nitrogens with one attached hydrogen (secondary N) is 1. The third-order valence-electron chi connectivity index (χ3n) is 3.79. The minimum absolute atomic E-state index is 0.239. The molecule has 120 valence electrons. The Kier molecular flexibility index (Phi) is 4.23. The molecule has 0 saturated heterocycles. The van der Waals surface area contributed by atoms with Crippen molar-refractivity contribution in [1.29, 1.82) is 0 Å². The van der Waals surface area contributed by atoms with Gasteiger partial charge in [-0.25, -0.2) is 4.98 Å². The van der Waals surface area contributed by atoms with Gasteiger partial charge in [-0.15, -0.1) is 16.4 Å². The quantitative estimate of drug-likeness (QED) is 0.780. The van der Waals surface area contributed by atoms with Gasteiger partial charge in [-0.2, -0.15) is 4.68 Å². The molecule has 0 bridgehead atoms. The van der Waals surface area contributed by atoms with Crippen LogP contribution in [0.5, 0.6) is 0 Å². The number of nitrogens with zero attached hydrogens (tertiary/aromatic N) is 5. The van der Waals surface area contributed by atoms with E-state index < -0.39 is 0 Å². The highest BCUT2D eigenvalue weighted by molar-refractivity contribution is 7.11. The average molecular weight is 328 g/mol. The molecule has 0 aliphatic carbocycles. The summed E-state index contributed by atoms with van der Waals surface area (Å²) in [7, 11) is 0. The van der Waals surface area contributed by atoms with E-state index in [9.17, 15) is 0 Å². The van der Waals surface area contributed by atoms with Crippen LogP contribution in [0.1, 0.15) is 35.3 Å². The van der Waals surface area contributed by atoms with Gasteiger partial charge in [0.25, 0.3) is 0 Å². The lowest BCUT2D eigenvalue weighted by atomic mass is 10.1. The van der Waals surface area contributed by atoms with Crippen LogP contribution in [0.15, 0.2) is 30.3 Å². The zero-order chi connectivity index (χ0) is 16.4. The molecule has 6 nitrogen and oxygen atoms in total. The SMILES string of the molecule is Cc1nc(C(C)(C)NCc2nnnn2-c2ccccc2)sc1C. The number of rotatable bonds is 5. The second-order valence-corrected chi connectivity index (χ2v) is 7.18. The van der Waals surface area contributed by atoms with Gasteiger partial charge in [-0.1, -0.05) is 18.2 Å². The van der Waals surface area contributed by atoms with Crippen molar-refractivity contribution in [2.45, 2.75) is 39.8 Å². The molecule has 0 saturated carbocycles. The van der Waals surface area contributed by atoms with Crippen LogP contribution in [0.4, 0.5) is 0 Å². The van der Waals surface area contributed by atoms with E-state index in [1.165, 1.54) is 4.88 Å². The molecule has 3 aromatic rings. The van der Waals surface area contributed by atoms with Crippen LogP contribution in [-0.2, 0) is 12.1 Å². The Morgan fingerprint density at radius 2 is 1.91 bits per heavy atom. The van der Waals surface area contributed by atoms with E-state index in [4.69, 9.17) is 0 Å². The molecule has 0 atom stereocenters. The normalized spacial score (nSPS) is 11.8. The molecule has 23 heavy (non-hydrogen) atoms. The zero-order valence-electron chi connectivity index (χ0n) is 13.7. The van der Waals surface area contributed by atoms with E-state index in [0.717, 1.165) is 22.2 Å². The van der Waals surface area contributed by atoms with Gasteiger partial charge in [0.05, 0.1) is 23.5 Å². The van der Waals surface area contributed by atoms with Gasteiger partial charge in [0.15, 0.2) is 5.82 Å². The number of thiazole rings is 1. The minimum Gasteiger partial charge on any atom is -0.299 e.